The minimum atomic E-state index is -0.540. The van der Waals surface area contributed by atoms with E-state index in [0.717, 1.165) is 28.3 Å². The van der Waals surface area contributed by atoms with Gasteiger partial charge in [-0.3, -0.25) is 14.9 Å². The standard InChI is InChI=1S/C23H18ClN5O3/c1-15-4-6-16(7-5-15)28-22(26-10-2-3-11-26)19-13-27(14-21(19)25-28)23(30)18-12-17(29(31)32)8-9-20(18)24/h2-12H,13-14H2,1H3. The van der Waals surface area contributed by atoms with E-state index >= 15 is 0 Å². The number of carbonyl (C=O) groups excluding carboxylic acids is 1. The number of hydrogen-bond acceptors (Lipinski definition) is 4. The lowest BCUT2D eigenvalue weighted by Crippen LogP contribution is -2.26. The van der Waals surface area contributed by atoms with Crippen LogP contribution in [0, 0.1) is 17.0 Å². The van der Waals surface area contributed by atoms with Crippen LogP contribution in [0.25, 0.3) is 11.5 Å². The van der Waals surface area contributed by atoms with Crippen molar-refractivity contribution in [3.05, 3.63) is 105 Å². The van der Waals surface area contributed by atoms with Crippen molar-refractivity contribution < 1.29 is 9.72 Å². The SMILES string of the molecule is Cc1ccc(-n2nc3c(c2-n2cccc2)CN(C(=O)c2cc([N+](=O)[O-])ccc2Cl)C3)cc1. The molecular weight excluding hydrogens is 430 g/mol. The summed E-state index contributed by atoms with van der Waals surface area (Å²) >= 11 is 6.20. The lowest BCUT2D eigenvalue weighted by Gasteiger charge is -2.18. The van der Waals surface area contributed by atoms with Gasteiger partial charge in [0.15, 0.2) is 0 Å². The summed E-state index contributed by atoms with van der Waals surface area (Å²) in [6, 6.07) is 15.8. The first-order valence-electron chi connectivity index (χ1n) is 9.97. The van der Waals surface area contributed by atoms with Gasteiger partial charge in [0.2, 0.25) is 0 Å². The highest BCUT2D eigenvalue weighted by Crippen LogP contribution is 2.33. The van der Waals surface area contributed by atoms with Gasteiger partial charge in [-0.15, -0.1) is 0 Å². The molecule has 4 aromatic rings. The van der Waals surface area contributed by atoms with Crippen molar-refractivity contribution in [2.45, 2.75) is 20.0 Å². The molecule has 1 amide bonds. The summed E-state index contributed by atoms with van der Waals surface area (Å²) in [5.74, 6) is 0.492. The number of fused-ring (bicyclic) bond motifs is 1. The molecule has 0 spiro atoms. The number of rotatable bonds is 4. The molecule has 0 fully saturated rings. The van der Waals surface area contributed by atoms with Crippen LogP contribution < -0.4 is 0 Å². The number of halogens is 1. The molecular formula is C23H18ClN5O3. The lowest BCUT2D eigenvalue weighted by atomic mass is 10.1. The van der Waals surface area contributed by atoms with Crippen LogP contribution in [0.15, 0.2) is 67.0 Å². The first-order chi connectivity index (χ1) is 15.4. The Morgan fingerprint density at radius 3 is 2.50 bits per heavy atom. The van der Waals surface area contributed by atoms with E-state index in [-0.39, 0.29) is 22.2 Å². The molecule has 32 heavy (non-hydrogen) atoms. The Kier molecular flexibility index (Phi) is 4.79. The predicted octanol–water partition coefficient (Wildman–Crippen LogP) is 4.69. The van der Waals surface area contributed by atoms with Crippen molar-refractivity contribution in [1.82, 2.24) is 19.2 Å². The highest BCUT2D eigenvalue weighted by Gasteiger charge is 2.33. The highest BCUT2D eigenvalue weighted by atomic mass is 35.5. The van der Waals surface area contributed by atoms with E-state index in [1.807, 2.05) is 65.0 Å². The van der Waals surface area contributed by atoms with Gasteiger partial charge in [-0.1, -0.05) is 29.3 Å². The van der Waals surface area contributed by atoms with Crippen molar-refractivity contribution in [3.8, 4) is 11.5 Å². The zero-order chi connectivity index (χ0) is 22.4. The number of benzene rings is 2. The van der Waals surface area contributed by atoms with Crippen molar-refractivity contribution in [2.75, 3.05) is 0 Å². The Labute approximate surface area is 188 Å². The first kappa shape index (κ1) is 20.0. The monoisotopic (exact) mass is 447 g/mol. The third kappa shape index (κ3) is 3.34. The van der Waals surface area contributed by atoms with E-state index in [4.69, 9.17) is 16.7 Å². The second-order valence-corrected chi connectivity index (χ2v) is 8.08. The van der Waals surface area contributed by atoms with Gasteiger partial charge in [0, 0.05) is 30.1 Å². The summed E-state index contributed by atoms with van der Waals surface area (Å²) < 4.78 is 3.85. The summed E-state index contributed by atoms with van der Waals surface area (Å²) in [5.41, 5.74) is 3.72. The van der Waals surface area contributed by atoms with E-state index in [9.17, 15) is 14.9 Å². The molecule has 0 unspecified atom stereocenters. The quantitative estimate of drug-likeness (QED) is 0.335. The fraction of sp³-hybridized carbons (Fsp3) is 0.130. The van der Waals surface area contributed by atoms with E-state index in [1.54, 1.807) is 4.90 Å². The van der Waals surface area contributed by atoms with Crippen LogP contribution in [0.5, 0.6) is 0 Å². The third-order valence-corrected chi connectivity index (χ3v) is 5.86. The molecule has 8 nitrogen and oxygen atoms in total. The largest absolute Gasteiger partial charge is 0.328 e. The molecule has 2 aromatic carbocycles. The molecule has 9 heteroatoms. The maximum absolute atomic E-state index is 13.2. The average molecular weight is 448 g/mol. The normalized spacial score (nSPS) is 12.8. The molecule has 160 valence electrons. The molecule has 0 radical (unpaired) electrons. The number of nitro groups is 1. The Bertz CT molecular complexity index is 1340. The minimum Gasteiger partial charge on any atom is -0.328 e. The molecule has 0 saturated carbocycles. The summed E-state index contributed by atoms with van der Waals surface area (Å²) in [6.07, 6.45) is 3.87. The fourth-order valence-corrected chi connectivity index (χ4v) is 4.11. The Hall–Kier alpha value is -3.91. The van der Waals surface area contributed by atoms with Gasteiger partial charge in [0.25, 0.3) is 11.6 Å². The van der Waals surface area contributed by atoms with Gasteiger partial charge >= 0.3 is 0 Å². The Balaban J connectivity index is 1.53. The third-order valence-electron chi connectivity index (χ3n) is 5.54. The predicted molar refractivity (Wildman–Crippen MR) is 119 cm³/mol. The number of nitrogens with zero attached hydrogens (tertiary/aromatic N) is 5. The molecule has 1 aliphatic rings. The van der Waals surface area contributed by atoms with Crippen LogP contribution in [0.3, 0.4) is 0 Å². The van der Waals surface area contributed by atoms with Gasteiger partial charge < -0.3 is 9.47 Å². The number of hydrogen-bond donors (Lipinski definition) is 0. The molecule has 0 atom stereocenters. The van der Waals surface area contributed by atoms with Crippen LogP contribution >= 0.6 is 11.6 Å². The van der Waals surface area contributed by atoms with Crippen molar-refractivity contribution >= 4 is 23.2 Å². The van der Waals surface area contributed by atoms with E-state index in [1.165, 1.54) is 18.2 Å². The van der Waals surface area contributed by atoms with E-state index < -0.39 is 4.92 Å². The van der Waals surface area contributed by atoms with E-state index in [2.05, 4.69) is 0 Å². The summed E-state index contributed by atoms with van der Waals surface area (Å²) in [5, 5.41) is 16.1. The second kappa shape index (κ2) is 7.65. The van der Waals surface area contributed by atoms with Gasteiger partial charge in [-0.25, -0.2) is 4.68 Å². The Morgan fingerprint density at radius 1 is 1.09 bits per heavy atom. The summed E-state index contributed by atoms with van der Waals surface area (Å²) in [7, 11) is 0. The molecule has 1 aliphatic heterocycles. The van der Waals surface area contributed by atoms with Gasteiger partial charge in [-0.05, 0) is 37.3 Å². The second-order valence-electron chi connectivity index (χ2n) is 7.67. The summed E-state index contributed by atoms with van der Waals surface area (Å²) in [6.45, 7) is 2.65. The van der Waals surface area contributed by atoms with Crippen LogP contribution in [-0.4, -0.2) is 30.1 Å². The highest BCUT2D eigenvalue weighted by molar-refractivity contribution is 6.33. The number of nitro benzene ring substituents is 1. The number of aromatic nitrogens is 3. The molecule has 3 heterocycles. The zero-order valence-corrected chi connectivity index (χ0v) is 17.9. The Morgan fingerprint density at radius 2 is 1.81 bits per heavy atom. The smallest absolute Gasteiger partial charge is 0.270 e. The number of amides is 1. The number of carbonyl (C=O) groups is 1. The van der Waals surface area contributed by atoms with Crippen LogP contribution in [0.4, 0.5) is 5.69 Å². The summed E-state index contributed by atoms with van der Waals surface area (Å²) in [4.78, 5) is 25.4. The topological polar surface area (TPSA) is 86.2 Å². The fourth-order valence-electron chi connectivity index (χ4n) is 3.91. The maximum atomic E-state index is 13.2. The average Bonchev–Trinajstić information content (AvgIpc) is 3.50. The number of aryl methyl sites for hydroxylation is 1. The first-order valence-corrected chi connectivity index (χ1v) is 10.3. The maximum Gasteiger partial charge on any atom is 0.270 e. The number of non-ortho nitro benzene ring substituents is 1. The molecule has 0 N–H and O–H groups in total. The molecule has 2 aromatic heterocycles. The van der Waals surface area contributed by atoms with Crippen molar-refractivity contribution in [1.29, 1.82) is 0 Å². The van der Waals surface area contributed by atoms with E-state index in [0.29, 0.717) is 13.1 Å². The minimum absolute atomic E-state index is 0.111. The van der Waals surface area contributed by atoms with Crippen LogP contribution in [-0.2, 0) is 13.1 Å². The molecule has 0 aliphatic carbocycles. The van der Waals surface area contributed by atoms with Crippen molar-refractivity contribution in [2.24, 2.45) is 0 Å². The van der Waals surface area contributed by atoms with Crippen LogP contribution in [0.1, 0.15) is 27.2 Å². The van der Waals surface area contributed by atoms with Crippen molar-refractivity contribution in [3.63, 3.8) is 0 Å². The molecule has 0 bridgehead atoms. The molecule has 0 saturated heterocycles. The van der Waals surface area contributed by atoms with Crippen LogP contribution in [0.2, 0.25) is 5.02 Å². The lowest BCUT2D eigenvalue weighted by molar-refractivity contribution is -0.384. The molecule has 5 rings (SSSR count). The van der Waals surface area contributed by atoms with Gasteiger partial charge in [-0.2, -0.15) is 5.10 Å². The van der Waals surface area contributed by atoms with Gasteiger partial charge in [0.1, 0.15) is 5.82 Å². The van der Waals surface area contributed by atoms with Gasteiger partial charge in [0.05, 0.1) is 40.0 Å². The zero-order valence-electron chi connectivity index (χ0n) is 17.1.